The Labute approximate surface area is 282 Å². The number of nitrogens with zero attached hydrogens (tertiary/aromatic N) is 7. The van der Waals surface area contributed by atoms with E-state index in [-0.39, 0.29) is 16.9 Å². The first-order chi connectivity index (χ1) is 23.0. The number of rotatable bonds is 8. The summed E-state index contributed by atoms with van der Waals surface area (Å²) in [5, 5.41) is 3.25. The highest BCUT2D eigenvalue weighted by atomic mass is 16.5. The molecule has 4 aromatic heterocycles. The van der Waals surface area contributed by atoms with Crippen molar-refractivity contribution in [3.63, 3.8) is 0 Å². The third kappa shape index (κ3) is 5.90. The van der Waals surface area contributed by atoms with Gasteiger partial charge in [-0.15, -0.1) is 0 Å². The lowest BCUT2D eigenvalue weighted by Gasteiger charge is -2.41. The van der Waals surface area contributed by atoms with Gasteiger partial charge in [0.2, 0.25) is 0 Å². The van der Waals surface area contributed by atoms with Crippen LogP contribution in [0.2, 0.25) is 0 Å². The van der Waals surface area contributed by atoms with Crippen LogP contribution >= 0.6 is 0 Å². The predicted molar refractivity (Wildman–Crippen MR) is 189 cm³/mol. The van der Waals surface area contributed by atoms with Crippen LogP contribution in [0.5, 0.6) is 0 Å². The number of fused-ring (bicyclic) bond motifs is 3. The number of hydrogen-bond acceptors (Lipinski definition) is 8. The number of carbonyl (C=O) groups excluding carboxylic acids is 1. The van der Waals surface area contributed by atoms with Crippen molar-refractivity contribution in [2.24, 2.45) is 12.5 Å². The molecule has 0 unspecified atom stereocenters. The summed E-state index contributed by atoms with van der Waals surface area (Å²) in [5.74, 6) is 1.07. The first-order valence-corrected chi connectivity index (χ1v) is 16.8. The first kappa shape index (κ1) is 32.1. The molecule has 1 fully saturated rings. The van der Waals surface area contributed by atoms with Gasteiger partial charge in [0.15, 0.2) is 0 Å². The number of pyridine rings is 3. The van der Waals surface area contributed by atoms with Crippen molar-refractivity contribution in [2.45, 2.75) is 46.2 Å². The highest BCUT2D eigenvalue weighted by Gasteiger charge is 2.37. The average Bonchev–Trinajstić information content (AvgIpc) is 3.55. The molecule has 6 heterocycles. The Morgan fingerprint density at radius 1 is 1.06 bits per heavy atom. The molecule has 3 aliphatic rings. The van der Waals surface area contributed by atoms with Gasteiger partial charge in [0.1, 0.15) is 23.0 Å². The third-order valence-electron chi connectivity index (χ3n) is 10.1. The molecule has 0 aromatic carbocycles. The summed E-state index contributed by atoms with van der Waals surface area (Å²) in [5.41, 5.74) is 7.04. The molecule has 0 spiro atoms. The molecule has 0 bridgehead atoms. The second-order valence-corrected chi connectivity index (χ2v) is 14.2. The molecule has 4 aromatic rings. The third-order valence-corrected chi connectivity index (χ3v) is 10.1. The lowest BCUT2D eigenvalue weighted by Crippen LogP contribution is -2.52. The summed E-state index contributed by atoms with van der Waals surface area (Å²) in [4.78, 5) is 42.9. The van der Waals surface area contributed by atoms with Crippen LogP contribution in [0, 0.1) is 12.3 Å². The predicted octanol–water partition coefficient (Wildman–Crippen LogP) is 4.51. The molecule has 2 aliphatic heterocycles. The highest BCUT2D eigenvalue weighted by molar-refractivity contribution is 6.06. The van der Waals surface area contributed by atoms with Crippen molar-refractivity contribution in [3.05, 3.63) is 88.7 Å². The molecule has 0 saturated carbocycles. The van der Waals surface area contributed by atoms with E-state index in [1.807, 2.05) is 24.4 Å². The molecule has 11 nitrogen and oxygen atoms in total. The number of amides is 1. The number of aromatic nitrogens is 4. The summed E-state index contributed by atoms with van der Waals surface area (Å²) in [6.07, 6.45) is 7.33. The number of nitrogens with one attached hydrogen (secondary N) is 1. The second-order valence-electron chi connectivity index (χ2n) is 14.2. The van der Waals surface area contributed by atoms with Crippen molar-refractivity contribution < 1.29 is 9.53 Å². The van der Waals surface area contributed by atoms with Gasteiger partial charge >= 0.3 is 0 Å². The summed E-state index contributed by atoms with van der Waals surface area (Å²) < 4.78 is 9.00. The van der Waals surface area contributed by atoms with Gasteiger partial charge in [-0.05, 0) is 73.6 Å². The zero-order valence-corrected chi connectivity index (χ0v) is 28.6. The van der Waals surface area contributed by atoms with Crippen molar-refractivity contribution >= 4 is 28.9 Å². The molecule has 1 saturated heterocycles. The van der Waals surface area contributed by atoms with Crippen molar-refractivity contribution in [1.29, 1.82) is 0 Å². The van der Waals surface area contributed by atoms with Crippen LogP contribution in [0.3, 0.4) is 0 Å². The molecule has 7 rings (SSSR count). The zero-order chi connectivity index (χ0) is 33.7. The number of hydrogen-bond donors (Lipinski definition) is 1. The number of carbonyl (C=O) groups is 1. The Morgan fingerprint density at radius 3 is 2.65 bits per heavy atom. The van der Waals surface area contributed by atoms with Crippen LogP contribution in [0.1, 0.15) is 48.1 Å². The van der Waals surface area contributed by atoms with Crippen molar-refractivity contribution in [1.82, 2.24) is 24.0 Å². The van der Waals surface area contributed by atoms with E-state index in [1.165, 1.54) is 11.3 Å². The van der Waals surface area contributed by atoms with Crippen molar-refractivity contribution in [3.8, 4) is 11.1 Å². The van der Waals surface area contributed by atoms with E-state index in [9.17, 15) is 9.59 Å². The largest absolute Gasteiger partial charge is 0.383 e. The molecular weight excluding hydrogens is 604 g/mol. The fraction of sp³-hybridized carbons (Fsp3) is 0.432. The zero-order valence-electron chi connectivity index (χ0n) is 28.6. The van der Waals surface area contributed by atoms with E-state index in [0.717, 1.165) is 74.7 Å². The highest BCUT2D eigenvalue weighted by Crippen LogP contribution is 2.40. The monoisotopic (exact) mass is 649 g/mol. The van der Waals surface area contributed by atoms with Crippen LogP contribution in [0.4, 0.5) is 23.0 Å². The molecule has 1 aliphatic carbocycles. The Hall–Kier alpha value is -4.48. The maximum atomic E-state index is 13.8. The molecule has 11 heteroatoms. The van der Waals surface area contributed by atoms with Crippen LogP contribution in [0.25, 0.3) is 11.1 Å². The smallest absolute Gasteiger partial charge is 0.276 e. The van der Waals surface area contributed by atoms with Crippen molar-refractivity contribution in [2.75, 3.05) is 61.6 Å². The fourth-order valence-corrected chi connectivity index (χ4v) is 7.65. The Kier molecular flexibility index (Phi) is 8.37. The maximum Gasteiger partial charge on any atom is 0.276 e. The van der Waals surface area contributed by atoms with E-state index in [1.54, 1.807) is 36.0 Å². The van der Waals surface area contributed by atoms with E-state index >= 15 is 0 Å². The van der Waals surface area contributed by atoms with Crippen LogP contribution in [-0.2, 0) is 31.2 Å². The van der Waals surface area contributed by atoms with Crippen LogP contribution < -0.4 is 20.7 Å². The molecule has 48 heavy (non-hydrogen) atoms. The first-order valence-electron chi connectivity index (χ1n) is 16.8. The van der Waals surface area contributed by atoms with Gasteiger partial charge in [0.25, 0.3) is 11.5 Å². The molecule has 1 atom stereocenters. The summed E-state index contributed by atoms with van der Waals surface area (Å²) in [6.45, 7) is 17.0. The van der Waals surface area contributed by atoms with Crippen LogP contribution in [0.15, 0.2) is 53.7 Å². The van der Waals surface area contributed by atoms with Gasteiger partial charge < -0.3 is 24.1 Å². The van der Waals surface area contributed by atoms with Gasteiger partial charge in [-0.3, -0.25) is 19.4 Å². The lowest BCUT2D eigenvalue weighted by atomic mass is 9.90. The number of piperazine rings is 1. The normalized spacial score (nSPS) is 19.0. The summed E-state index contributed by atoms with van der Waals surface area (Å²) in [7, 11) is 3.47. The minimum Gasteiger partial charge on any atom is -0.383 e. The Bertz CT molecular complexity index is 1910. The average molecular weight is 650 g/mol. The fourth-order valence-electron chi connectivity index (χ4n) is 7.65. The van der Waals surface area contributed by atoms with Gasteiger partial charge in [-0.25, -0.2) is 9.97 Å². The standard InChI is InChI=1S/C37H45N8O3/c1-24-22-42(15-16-48-6)11-12-43(24)28-7-8-33(39-21-28)40-30-17-27(23-41(5)35(30)46)29-9-10-38-34(25(29)2)45-14-13-44-31(36(45)47)18-26-19-37(3,4)20-32(26)44/h7-10,17-18,21,23-24H,2,11-16,19-20,22H2,1,3-6H3,(H,39,40)/t24-/m0/s1. The lowest BCUT2D eigenvalue weighted by molar-refractivity contribution is 0.0963. The number of methoxy groups -OCH3 is 1. The number of aryl methyl sites for hydroxylation is 1. The van der Waals surface area contributed by atoms with Gasteiger partial charge in [-0.1, -0.05) is 13.8 Å². The number of ether oxygens (including phenoxy) is 1. The number of anilines is 4. The summed E-state index contributed by atoms with van der Waals surface area (Å²) >= 11 is 0. The van der Waals surface area contributed by atoms with E-state index in [4.69, 9.17) is 4.74 Å². The minimum absolute atomic E-state index is 0.0530. The SMILES string of the molecule is [CH2]c1c(-c2cc(Nc3ccc(N4CCN(CCOC)C[C@@H]4C)cn3)c(=O)n(C)c2)ccnc1N1CCn2c(cc3c2CC(C)(C)C3)C1=O. The van der Waals surface area contributed by atoms with Gasteiger partial charge in [0, 0.05) is 88.7 Å². The van der Waals surface area contributed by atoms with Crippen LogP contribution in [-0.4, -0.2) is 82.4 Å². The maximum absolute atomic E-state index is 13.8. The van der Waals surface area contributed by atoms with E-state index in [2.05, 4.69) is 69.5 Å². The topological polar surface area (TPSA) is 101 Å². The van der Waals surface area contributed by atoms with E-state index < -0.39 is 0 Å². The quantitative estimate of drug-likeness (QED) is 0.298. The minimum atomic E-state index is -0.173. The summed E-state index contributed by atoms with van der Waals surface area (Å²) in [6, 6.07) is 10.1. The molecule has 1 N–H and O–H groups in total. The molecular formula is C37H45N8O3. The molecule has 1 radical (unpaired) electrons. The molecule has 251 valence electrons. The Balaban J connectivity index is 1.10. The molecule has 1 amide bonds. The Morgan fingerprint density at radius 2 is 1.90 bits per heavy atom. The van der Waals surface area contributed by atoms with E-state index in [0.29, 0.717) is 35.5 Å². The van der Waals surface area contributed by atoms with Gasteiger partial charge in [0.05, 0.1) is 18.5 Å². The second kappa shape index (κ2) is 12.5. The van der Waals surface area contributed by atoms with Gasteiger partial charge in [-0.2, -0.15) is 0 Å².